The summed E-state index contributed by atoms with van der Waals surface area (Å²) >= 11 is 7.66. The monoisotopic (exact) mass is 516 g/mol. The second-order valence-electron chi connectivity index (χ2n) is 8.04. The molecule has 0 radical (unpaired) electrons. The molecule has 5 nitrogen and oxygen atoms in total. The molecule has 0 aliphatic heterocycles. The molecule has 2 N–H and O–H groups in total. The van der Waals surface area contributed by atoms with E-state index in [1.807, 2.05) is 91.9 Å². The maximum absolute atomic E-state index is 13.3. The topological polar surface area (TPSA) is 67.4 Å². The summed E-state index contributed by atoms with van der Waals surface area (Å²) in [6.45, 7) is 1.83. The van der Waals surface area contributed by atoms with Crippen molar-refractivity contribution in [2.75, 3.05) is 17.2 Å². The van der Waals surface area contributed by atoms with Gasteiger partial charge < -0.3 is 15.4 Å². The maximum atomic E-state index is 13.3. The zero-order chi connectivity index (χ0) is 25.3. The fraction of sp³-hybridized carbons (Fsp3) is 0.103. The molecule has 0 aromatic heterocycles. The van der Waals surface area contributed by atoms with Gasteiger partial charge >= 0.3 is 0 Å². The summed E-state index contributed by atoms with van der Waals surface area (Å²) in [5.74, 6) is 0.233. The van der Waals surface area contributed by atoms with Crippen molar-refractivity contribution in [1.29, 1.82) is 0 Å². The highest BCUT2D eigenvalue weighted by Gasteiger charge is 2.22. The van der Waals surface area contributed by atoms with E-state index in [1.165, 1.54) is 11.8 Å². The van der Waals surface area contributed by atoms with E-state index in [0.717, 1.165) is 16.0 Å². The minimum Gasteiger partial charge on any atom is -0.484 e. The van der Waals surface area contributed by atoms with Crippen LogP contribution in [0.2, 0.25) is 5.02 Å². The zero-order valence-electron chi connectivity index (χ0n) is 19.6. The Morgan fingerprint density at radius 3 is 2.14 bits per heavy atom. The number of halogens is 1. The molecule has 0 saturated heterocycles. The highest BCUT2D eigenvalue weighted by atomic mass is 35.5. The molecule has 0 bridgehead atoms. The Bertz CT molecular complexity index is 1320. The third kappa shape index (κ3) is 7.13. The van der Waals surface area contributed by atoms with E-state index >= 15 is 0 Å². The predicted octanol–water partition coefficient (Wildman–Crippen LogP) is 7.14. The number of rotatable bonds is 9. The number of hydrogen-bond donors (Lipinski definition) is 2. The van der Waals surface area contributed by atoms with Crippen LogP contribution < -0.4 is 15.4 Å². The highest BCUT2D eigenvalue weighted by Crippen LogP contribution is 2.37. The molecule has 0 heterocycles. The number of thioether (sulfide) groups is 1. The first-order valence-electron chi connectivity index (χ1n) is 11.3. The predicted molar refractivity (Wildman–Crippen MR) is 147 cm³/mol. The number of para-hydroxylation sites is 1. The van der Waals surface area contributed by atoms with E-state index in [4.69, 9.17) is 16.3 Å². The summed E-state index contributed by atoms with van der Waals surface area (Å²) in [6.07, 6.45) is 0. The molecule has 182 valence electrons. The van der Waals surface area contributed by atoms with Crippen molar-refractivity contribution in [3.05, 3.63) is 119 Å². The Kier molecular flexibility index (Phi) is 8.66. The van der Waals surface area contributed by atoms with Gasteiger partial charge in [-0.15, -0.1) is 11.8 Å². The van der Waals surface area contributed by atoms with Gasteiger partial charge in [-0.25, -0.2) is 0 Å². The van der Waals surface area contributed by atoms with Gasteiger partial charge in [0.1, 0.15) is 11.0 Å². The average Bonchev–Trinajstić information content (AvgIpc) is 2.90. The first kappa shape index (κ1) is 25.4. The zero-order valence-corrected chi connectivity index (χ0v) is 21.2. The SMILES string of the molecule is Cc1ccc(NC(=O)C(Sc2ccc(NC(=O)COc3ccccc3)cc2)c2ccccc2)cc1Cl. The number of nitrogens with one attached hydrogen (secondary N) is 2. The minimum absolute atomic E-state index is 0.0835. The Hall–Kier alpha value is -3.74. The first-order valence-corrected chi connectivity index (χ1v) is 12.6. The summed E-state index contributed by atoms with van der Waals surface area (Å²) in [5.41, 5.74) is 3.13. The van der Waals surface area contributed by atoms with Crippen LogP contribution >= 0.6 is 23.4 Å². The van der Waals surface area contributed by atoms with Crippen LogP contribution in [0.3, 0.4) is 0 Å². The summed E-state index contributed by atoms with van der Waals surface area (Å²) in [7, 11) is 0. The Morgan fingerprint density at radius 1 is 0.833 bits per heavy atom. The molecule has 1 unspecified atom stereocenters. The molecule has 7 heteroatoms. The number of carbonyl (C=O) groups excluding carboxylic acids is 2. The first-order chi connectivity index (χ1) is 17.5. The van der Waals surface area contributed by atoms with Crippen LogP contribution in [0, 0.1) is 6.92 Å². The van der Waals surface area contributed by atoms with Gasteiger partial charge in [-0.05, 0) is 66.6 Å². The largest absolute Gasteiger partial charge is 0.484 e. The molecule has 2 amide bonds. The van der Waals surface area contributed by atoms with Gasteiger partial charge in [0.25, 0.3) is 5.91 Å². The number of amides is 2. The van der Waals surface area contributed by atoms with Crippen molar-refractivity contribution >= 4 is 46.6 Å². The van der Waals surface area contributed by atoms with Crippen molar-refractivity contribution in [3.8, 4) is 5.75 Å². The van der Waals surface area contributed by atoms with E-state index in [9.17, 15) is 9.59 Å². The van der Waals surface area contributed by atoms with E-state index in [0.29, 0.717) is 22.1 Å². The summed E-state index contributed by atoms with van der Waals surface area (Å²) in [4.78, 5) is 26.4. The molecule has 0 fully saturated rings. The number of benzene rings is 4. The van der Waals surface area contributed by atoms with Crippen molar-refractivity contribution < 1.29 is 14.3 Å². The molecular weight excluding hydrogens is 492 g/mol. The van der Waals surface area contributed by atoms with Crippen molar-refractivity contribution in [3.63, 3.8) is 0 Å². The number of aryl methyl sites for hydroxylation is 1. The maximum Gasteiger partial charge on any atom is 0.262 e. The minimum atomic E-state index is -0.481. The van der Waals surface area contributed by atoms with E-state index in [2.05, 4.69) is 10.6 Å². The quantitative estimate of drug-likeness (QED) is 0.232. The van der Waals surface area contributed by atoms with Crippen LogP contribution in [0.5, 0.6) is 5.75 Å². The van der Waals surface area contributed by atoms with Crippen molar-refractivity contribution in [2.45, 2.75) is 17.1 Å². The van der Waals surface area contributed by atoms with Crippen LogP contribution in [-0.2, 0) is 9.59 Å². The van der Waals surface area contributed by atoms with Crippen LogP contribution in [0.1, 0.15) is 16.4 Å². The summed E-state index contributed by atoms with van der Waals surface area (Å²) < 4.78 is 5.49. The molecule has 4 aromatic carbocycles. The lowest BCUT2D eigenvalue weighted by Gasteiger charge is -2.18. The molecule has 0 spiro atoms. The van der Waals surface area contributed by atoms with Gasteiger partial charge in [0, 0.05) is 21.3 Å². The number of hydrogen-bond acceptors (Lipinski definition) is 4. The van der Waals surface area contributed by atoms with Gasteiger partial charge in [0.05, 0.1) is 0 Å². The molecule has 0 saturated carbocycles. The Balaban J connectivity index is 1.41. The van der Waals surface area contributed by atoms with Gasteiger partial charge in [-0.1, -0.05) is 66.2 Å². The Morgan fingerprint density at radius 2 is 1.47 bits per heavy atom. The fourth-order valence-corrected chi connectivity index (χ4v) is 4.60. The second-order valence-corrected chi connectivity index (χ2v) is 9.62. The third-order valence-corrected chi connectivity index (χ3v) is 6.96. The number of ether oxygens (including phenoxy) is 1. The molecule has 4 aromatic rings. The standard InChI is InChI=1S/C29H25ClN2O3S/c1-20-12-13-23(18-26(20)30)32-29(34)28(21-8-4-2-5-9-21)36-25-16-14-22(15-17-25)31-27(33)19-35-24-10-6-3-7-11-24/h2-18,28H,19H2,1H3,(H,31,33)(H,32,34). The van der Waals surface area contributed by atoms with Crippen LogP contribution in [0.15, 0.2) is 108 Å². The fourth-order valence-electron chi connectivity index (χ4n) is 3.39. The Labute approximate surface area is 219 Å². The average molecular weight is 517 g/mol. The van der Waals surface area contributed by atoms with Gasteiger partial charge in [-0.3, -0.25) is 9.59 Å². The van der Waals surface area contributed by atoms with E-state index in [1.54, 1.807) is 18.2 Å². The second kappa shape index (κ2) is 12.3. The lowest BCUT2D eigenvalue weighted by atomic mass is 10.1. The molecule has 1 atom stereocenters. The molecule has 0 aliphatic rings. The van der Waals surface area contributed by atoms with Crippen LogP contribution in [0.25, 0.3) is 0 Å². The van der Waals surface area contributed by atoms with Crippen molar-refractivity contribution in [1.82, 2.24) is 0 Å². The molecule has 4 rings (SSSR count). The lowest BCUT2D eigenvalue weighted by Crippen LogP contribution is -2.20. The van der Waals surface area contributed by atoms with Crippen LogP contribution in [-0.4, -0.2) is 18.4 Å². The van der Waals surface area contributed by atoms with Gasteiger partial charge in [0.15, 0.2) is 6.61 Å². The molecule has 36 heavy (non-hydrogen) atoms. The van der Waals surface area contributed by atoms with Gasteiger partial charge in [-0.2, -0.15) is 0 Å². The van der Waals surface area contributed by atoms with Gasteiger partial charge in [0.2, 0.25) is 5.91 Å². The van der Waals surface area contributed by atoms with E-state index < -0.39 is 5.25 Å². The highest BCUT2D eigenvalue weighted by molar-refractivity contribution is 8.00. The summed E-state index contributed by atoms with van der Waals surface area (Å²) in [5, 5.41) is 5.92. The number of anilines is 2. The molecule has 0 aliphatic carbocycles. The third-order valence-electron chi connectivity index (χ3n) is 5.28. The van der Waals surface area contributed by atoms with E-state index in [-0.39, 0.29) is 18.4 Å². The van der Waals surface area contributed by atoms with Crippen LogP contribution in [0.4, 0.5) is 11.4 Å². The molecular formula is C29H25ClN2O3S. The number of carbonyl (C=O) groups is 2. The normalized spacial score (nSPS) is 11.4. The van der Waals surface area contributed by atoms with Crippen molar-refractivity contribution in [2.24, 2.45) is 0 Å². The summed E-state index contributed by atoms with van der Waals surface area (Å²) in [6, 6.07) is 31.6. The lowest BCUT2D eigenvalue weighted by molar-refractivity contribution is -0.118. The smallest absolute Gasteiger partial charge is 0.262 e.